The van der Waals surface area contributed by atoms with Gasteiger partial charge < -0.3 is 19.7 Å². The Morgan fingerprint density at radius 1 is 1.10 bits per heavy atom. The average Bonchev–Trinajstić information content (AvgIpc) is 3.49. The molecule has 4 aromatic rings. The zero-order chi connectivity index (χ0) is 27.9. The van der Waals surface area contributed by atoms with E-state index in [4.69, 9.17) is 4.74 Å². The fraction of sp³-hybridized carbons (Fsp3) is 0.281. The summed E-state index contributed by atoms with van der Waals surface area (Å²) in [4.78, 5) is 30.7. The number of hydrogen-bond donors (Lipinski definition) is 2. The van der Waals surface area contributed by atoms with Crippen LogP contribution in [-0.4, -0.2) is 39.0 Å². The molecule has 206 valence electrons. The zero-order valence-electron chi connectivity index (χ0n) is 22.5. The Kier molecular flexibility index (Phi) is 8.98. The van der Waals surface area contributed by atoms with Crippen LogP contribution in [0.15, 0.2) is 90.3 Å². The molecule has 8 heteroatoms. The number of aliphatic hydroxyl groups is 1. The van der Waals surface area contributed by atoms with Crippen molar-refractivity contribution in [3.63, 3.8) is 0 Å². The smallest absolute Gasteiger partial charge is 0.252 e. The summed E-state index contributed by atoms with van der Waals surface area (Å²) < 4.78 is 8.75. The lowest BCUT2D eigenvalue weighted by molar-refractivity contribution is 0.0920. The molecule has 2 atom stereocenters. The largest absolute Gasteiger partial charge is 0.484 e. The van der Waals surface area contributed by atoms with E-state index in [2.05, 4.69) is 22.4 Å². The van der Waals surface area contributed by atoms with Crippen LogP contribution in [0.5, 0.6) is 5.75 Å². The van der Waals surface area contributed by atoms with Gasteiger partial charge >= 0.3 is 0 Å². The van der Waals surface area contributed by atoms with Crippen molar-refractivity contribution < 1.29 is 19.4 Å². The summed E-state index contributed by atoms with van der Waals surface area (Å²) in [6.07, 6.45) is 6.72. The number of nitrogens with zero attached hydrogens (tertiary/aromatic N) is 2. The molecular weight excluding hydrogens is 522 g/mol. The summed E-state index contributed by atoms with van der Waals surface area (Å²) >= 11 is 1.55. The number of amides is 1. The van der Waals surface area contributed by atoms with Crippen LogP contribution in [0.1, 0.15) is 63.3 Å². The topological polar surface area (TPSA) is 93.4 Å². The lowest BCUT2D eigenvalue weighted by Gasteiger charge is -2.26. The summed E-state index contributed by atoms with van der Waals surface area (Å²) in [5, 5.41) is 12.4. The van der Waals surface area contributed by atoms with Crippen molar-refractivity contribution >= 4 is 23.5 Å². The predicted octanol–water partition coefficient (Wildman–Crippen LogP) is 5.63. The van der Waals surface area contributed by atoms with Crippen molar-refractivity contribution in [2.45, 2.75) is 55.6 Å². The first-order valence-corrected chi connectivity index (χ1v) is 14.5. The molecule has 0 saturated carbocycles. The summed E-state index contributed by atoms with van der Waals surface area (Å²) in [5.41, 5.74) is 4.39. The van der Waals surface area contributed by atoms with Gasteiger partial charge in [0.15, 0.2) is 5.78 Å². The highest BCUT2D eigenvalue weighted by atomic mass is 32.2. The van der Waals surface area contributed by atoms with Gasteiger partial charge in [0.1, 0.15) is 11.9 Å². The quantitative estimate of drug-likeness (QED) is 0.233. The van der Waals surface area contributed by atoms with Gasteiger partial charge in [-0.05, 0) is 55.2 Å². The number of carbonyl (C=O) groups is 2. The maximum absolute atomic E-state index is 12.9. The van der Waals surface area contributed by atoms with Crippen LogP contribution < -0.4 is 10.1 Å². The number of Topliss-reactive ketones (excluding diaryl/α,β-unsaturated/α-hetero) is 1. The molecule has 0 fully saturated rings. The number of hydrogen-bond acceptors (Lipinski definition) is 6. The van der Waals surface area contributed by atoms with Crippen LogP contribution in [0.25, 0.3) is 0 Å². The van der Waals surface area contributed by atoms with Crippen LogP contribution in [0.3, 0.4) is 0 Å². The van der Waals surface area contributed by atoms with Gasteiger partial charge in [0, 0.05) is 47.1 Å². The van der Waals surface area contributed by atoms with E-state index in [1.165, 1.54) is 0 Å². The Balaban J connectivity index is 1.47. The monoisotopic (exact) mass is 555 g/mol. The highest BCUT2D eigenvalue weighted by Crippen LogP contribution is 2.38. The molecule has 0 spiro atoms. The predicted molar refractivity (Wildman–Crippen MR) is 156 cm³/mol. The molecule has 40 heavy (non-hydrogen) atoms. The number of aliphatic hydroxyl groups excluding tert-OH is 1. The van der Waals surface area contributed by atoms with E-state index in [1.807, 2.05) is 59.3 Å². The molecular formula is C32H33N3O4S. The number of thioether (sulfide) groups is 1. The maximum atomic E-state index is 12.9. The molecule has 0 bridgehead atoms. The number of rotatable bonds is 11. The number of aromatic nitrogens is 2. The number of fused-ring (bicyclic) bond motifs is 1. The lowest BCUT2D eigenvalue weighted by atomic mass is 9.87. The average molecular weight is 556 g/mol. The standard InChI is InChI=1S/C32H33N3O4S/c1-22(36)18-34-32(38)26-10-5-6-13-31(26)40-20-27-24-11-7-12-28(37)25(24)14-15-29(27)39-30(19-35-17-16-33-21-35)23-8-3-2-4-9-23/h2-6,8-10,13-17,21-22,30,36H,7,11-12,18-20H2,1H3,(H,34,38)/t22-,30+/m0/s1. The molecule has 1 amide bonds. The molecule has 0 aliphatic heterocycles. The summed E-state index contributed by atoms with van der Waals surface area (Å²) in [6.45, 7) is 2.40. The Bertz CT molecular complexity index is 1450. The molecule has 1 aliphatic carbocycles. The van der Waals surface area contributed by atoms with Gasteiger partial charge in [0.2, 0.25) is 0 Å². The first-order valence-electron chi connectivity index (χ1n) is 13.5. The van der Waals surface area contributed by atoms with Gasteiger partial charge in [0.05, 0.1) is 24.5 Å². The Hall–Kier alpha value is -3.88. The van der Waals surface area contributed by atoms with Gasteiger partial charge in [0.25, 0.3) is 5.91 Å². The first-order chi connectivity index (χ1) is 19.5. The molecule has 1 heterocycles. The van der Waals surface area contributed by atoms with Crippen LogP contribution in [-0.2, 0) is 18.7 Å². The molecule has 3 aromatic carbocycles. The van der Waals surface area contributed by atoms with E-state index < -0.39 is 6.10 Å². The second kappa shape index (κ2) is 13.0. The van der Waals surface area contributed by atoms with Gasteiger partial charge in [-0.1, -0.05) is 42.5 Å². The third-order valence-corrected chi connectivity index (χ3v) is 8.06. The van der Waals surface area contributed by atoms with Crippen LogP contribution in [0.2, 0.25) is 0 Å². The highest BCUT2D eigenvalue weighted by molar-refractivity contribution is 7.98. The minimum Gasteiger partial charge on any atom is -0.484 e. The third kappa shape index (κ3) is 6.63. The van der Waals surface area contributed by atoms with Crippen molar-refractivity contribution in [3.8, 4) is 5.75 Å². The fourth-order valence-corrected chi connectivity index (χ4v) is 6.04. The van der Waals surface area contributed by atoms with Gasteiger partial charge in [-0.2, -0.15) is 0 Å². The molecule has 0 unspecified atom stereocenters. The Morgan fingerprint density at radius 3 is 2.67 bits per heavy atom. The number of nitrogens with one attached hydrogen (secondary N) is 1. The summed E-state index contributed by atoms with van der Waals surface area (Å²) in [5.74, 6) is 1.22. The molecule has 0 radical (unpaired) electrons. The highest BCUT2D eigenvalue weighted by Gasteiger charge is 2.25. The lowest BCUT2D eigenvalue weighted by Crippen LogP contribution is -2.30. The second-order valence-electron chi connectivity index (χ2n) is 9.97. The van der Waals surface area contributed by atoms with E-state index in [-0.39, 0.29) is 24.3 Å². The van der Waals surface area contributed by atoms with Crippen molar-refractivity contribution in [3.05, 3.63) is 113 Å². The van der Waals surface area contributed by atoms with Crippen molar-refractivity contribution in [1.29, 1.82) is 0 Å². The molecule has 1 aliphatic rings. The SMILES string of the molecule is C[C@H](O)CNC(=O)c1ccccc1SCc1c(O[C@H](Cn2ccnc2)c2ccccc2)ccc2c1CCCC2=O. The summed E-state index contributed by atoms with van der Waals surface area (Å²) in [7, 11) is 0. The van der Waals surface area contributed by atoms with Crippen molar-refractivity contribution in [2.24, 2.45) is 0 Å². The second-order valence-corrected chi connectivity index (χ2v) is 11.0. The molecule has 2 N–H and O–H groups in total. The number of imidazole rings is 1. The molecule has 7 nitrogen and oxygen atoms in total. The number of carbonyl (C=O) groups excluding carboxylic acids is 2. The van der Waals surface area contributed by atoms with E-state index in [9.17, 15) is 14.7 Å². The van der Waals surface area contributed by atoms with Gasteiger partial charge in [-0.3, -0.25) is 9.59 Å². The van der Waals surface area contributed by atoms with Gasteiger partial charge in [-0.25, -0.2) is 4.98 Å². The van der Waals surface area contributed by atoms with Crippen molar-refractivity contribution in [1.82, 2.24) is 14.9 Å². The normalized spacial score (nSPS) is 14.3. The zero-order valence-corrected chi connectivity index (χ0v) is 23.3. The molecule has 0 saturated heterocycles. The van der Waals surface area contributed by atoms with E-state index in [1.54, 1.807) is 37.3 Å². The molecule has 1 aromatic heterocycles. The maximum Gasteiger partial charge on any atom is 0.252 e. The van der Waals surface area contributed by atoms with E-state index >= 15 is 0 Å². The Morgan fingerprint density at radius 2 is 1.90 bits per heavy atom. The number of benzene rings is 3. The van der Waals surface area contributed by atoms with E-state index in [0.717, 1.165) is 45.7 Å². The first kappa shape index (κ1) is 27.7. The summed E-state index contributed by atoms with van der Waals surface area (Å²) in [6, 6.07) is 21.4. The third-order valence-electron chi connectivity index (χ3n) is 6.96. The van der Waals surface area contributed by atoms with Crippen LogP contribution in [0.4, 0.5) is 0 Å². The van der Waals surface area contributed by atoms with Crippen molar-refractivity contribution in [2.75, 3.05) is 6.54 Å². The minimum atomic E-state index is -0.628. The van der Waals surface area contributed by atoms with E-state index in [0.29, 0.717) is 24.3 Å². The molecule has 5 rings (SSSR count). The minimum absolute atomic E-state index is 0.162. The van der Waals surface area contributed by atoms with Crippen LogP contribution in [0, 0.1) is 0 Å². The fourth-order valence-electron chi connectivity index (χ4n) is 4.93. The van der Waals surface area contributed by atoms with Crippen LogP contribution >= 0.6 is 11.8 Å². The number of ketones is 1. The number of ether oxygens (including phenoxy) is 1. The Labute approximate surface area is 238 Å². The van der Waals surface area contributed by atoms with Gasteiger partial charge in [-0.15, -0.1) is 11.8 Å².